The molecule has 1 aliphatic rings. The van der Waals surface area contributed by atoms with E-state index < -0.39 is 11.9 Å². The predicted octanol–water partition coefficient (Wildman–Crippen LogP) is 1.61. The summed E-state index contributed by atoms with van der Waals surface area (Å²) in [5.74, 6) is -1.79. The van der Waals surface area contributed by atoms with Crippen molar-refractivity contribution in [3.63, 3.8) is 0 Å². The number of amidine groups is 1. The van der Waals surface area contributed by atoms with Gasteiger partial charge in [-0.25, -0.2) is 0 Å². The van der Waals surface area contributed by atoms with Crippen LogP contribution in [0.4, 0.5) is 17.1 Å². The van der Waals surface area contributed by atoms with E-state index in [9.17, 15) is 14.4 Å². The van der Waals surface area contributed by atoms with E-state index in [1.807, 2.05) is 0 Å². The highest BCUT2D eigenvalue weighted by atomic mass is 16.4. The number of nitrogens with two attached hydrogens (primary N) is 1. The molecule has 1 heterocycles. The molecule has 5 N–H and O–H groups in total. The first-order valence-corrected chi connectivity index (χ1v) is 8.89. The van der Waals surface area contributed by atoms with Gasteiger partial charge in [0.1, 0.15) is 12.4 Å². The van der Waals surface area contributed by atoms with Gasteiger partial charge in [-0.2, -0.15) is 0 Å². The SMILES string of the molecule is CN1C(=O)CN(CCC(=O)O)C(=O)c2cc(Nc3cccc(C(=N)N)c3)ccc21. The molecule has 0 aromatic heterocycles. The van der Waals surface area contributed by atoms with Crippen LogP contribution >= 0.6 is 0 Å². The van der Waals surface area contributed by atoms with Crippen molar-refractivity contribution in [1.29, 1.82) is 5.41 Å². The van der Waals surface area contributed by atoms with Gasteiger partial charge in [-0.3, -0.25) is 19.8 Å². The van der Waals surface area contributed by atoms with E-state index in [-0.39, 0.29) is 31.3 Å². The largest absolute Gasteiger partial charge is 0.481 e. The summed E-state index contributed by atoms with van der Waals surface area (Å²) in [4.78, 5) is 38.9. The zero-order valence-electron chi connectivity index (χ0n) is 15.8. The number of hydrogen-bond acceptors (Lipinski definition) is 5. The number of anilines is 3. The first-order valence-electron chi connectivity index (χ1n) is 8.89. The van der Waals surface area contributed by atoms with E-state index in [0.717, 1.165) is 0 Å². The predicted molar refractivity (Wildman–Crippen MR) is 109 cm³/mol. The van der Waals surface area contributed by atoms with Crippen molar-refractivity contribution >= 4 is 40.7 Å². The maximum Gasteiger partial charge on any atom is 0.305 e. The number of nitrogen functional groups attached to an aromatic ring is 1. The van der Waals surface area contributed by atoms with Gasteiger partial charge >= 0.3 is 5.97 Å². The number of rotatable bonds is 6. The summed E-state index contributed by atoms with van der Waals surface area (Å²) in [7, 11) is 1.58. The topological polar surface area (TPSA) is 140 Å². The number of likely N-dealkylation sites (N-methyl/N-ethyl adjacent to an activating group) is 1. The Kier molecular flexibility index (Phi) is 5.49. The zero-order valence-corrected chi connectivity index (χ0v) is 15.8. The first-order chi connectivity index (χ1) is 13.8. The Morgan fingerprint density at radius 1 is 1.21 bits per heavy atom. The molecular weight excluding hydrogens is 374 g/mol. The van der Waals surface area contributed by atoms with E-state index in [4.69, 9.17) is 16.2 Å². The minimum atomic E-state index is -1.04. The number of nitrogens with zero attached hydrogens (tertiary/aromatic N) is 2. The molecule has 0 atom stereocenters. The van der Waals surface area contributed by atoms with Crippen LogP contribution in [0.15, 0.2) is 42.5 Å². The fraction of sp³-hybridized carbons (Fsp3) is 0.200. The summed E-state index contributed by atoms with van der Waals surface area (Å²) < 4.78 is 0. The third-order valence-corrected chi connectivity index (χ3v) is 4.63. The van der Waals surface area contributed by atoms with Gasteiger partial charge in [-0.1, -0.05) is 12.1 Å². The number of carbonyl (C=O) groups is 3. The first kappa shape index (κ1) is 19.9. The highest BCUT2D eigenvalue weighted by Crippen LogP contribution is 2.29. The normalized spacial score (nSPS) is 13.7. The second-order valence-electron chi connectivity index (χ2n) is 6.67. The van der Waals surface area contributed by atoms with Crippen LogP contribution in [0.2, 0.25) is 0 Å². The van der Waals surface area contributed by atoms with Gasteiger partial charge in [-0.15, -0.1) is 0 Å². The van der Waals surface area contributed by atoms with Crippen molar-refractivity contribution in [2.24, 2.45) is 5.73 Å². The molecule has 2 aromatic rings. The molecule has 0 bridgehead atoms. The summed E-state index contributed by atoms with van der Waals surface area (Å²) >= 11 is 0. The maximum absolute atomic E-state index is 13.0. The number of carbonyl (C=O) groups excluding carboxylic acids is 2. The number of carboxylic acids is 1. The molecule has 2 amide bonds. The Balaban J connectivity index is 1.93. The Hall–Kier alpha value is -3.88. The van der Waals surface area contributed by atoms with Crippen molar-refractivity contribution in [3.05, 3.63) is 53.6 Å². The molecule has 0 saturated carbocycles. The Morgan fingerprint density at radius 2 is 1.93 bits per heavy atom. The van der Waals surface area contributed by atoms with E-state index >= 15 is 0 Å². The van der Waals surface area contributed by atoms with Crippen LogP contribution in [0.1, 0.15) is 22.3 Å². The molecule has 0 radical (unpaired) electrons. The minimum absolute atomic E-state index is 0.0501. The average molecular weight is 395 g/mol. The summed E-state index contributed by atoms with van der Waals surface area (Å²) in [6.45, 7) is -0.230. The highest BCUT2D eigenvalue weighted by molar-refractivity contribution is 6.10. The van der Waals surface area contributed by atoms with E-state index in [1.54, 1.807) is 49.5 Å². The quantitative estimate of drug-likeness (QED) is 0.433. The summed E-state index contributed by atoms with van der Waals surface area (Å²) in [6, 6.07) is 12.0. The van der Waals surface area contributed by atoms with Crippen LogP contribution in [0.5, 0.6) is 0 Å². The fourth-order valence-corrected chi connectivity index (χ4v) is 3.07. The summed E-state index contributed by atoms with van der Waals surface area (Å²) in [5.41, 5.74) is 8.14. The monoisotopic (exact) mass is 395 g/mol. The summed E-state index contributed by atoms with van der Waals surface area (Å²) in [6.07, 6.45) is -0.242. The number of nitrogens with one attached hydrogen (secondary N) is 2. The molecule has 0 unspecified atom stereocenters. The fourth-order valence-electron chi connectivity index (χ4n) is 3.07. The zero-order chi connectivity index (χ0) is 21.1. The Morgan fingerprint density at radius 3 is 2.62 bits per heavy atom. The van der Waals surface area contributed by atoms with Crippen LogP contribution in [0.3, 0.4) is 0 Å². The third kappa shape index (κ3) is 4.34. The van der Waals surface area contributed by atoms with E-state index in [2.05, 4.69) is 5.32 Å². The molecule has 2 aromatic carbocycles. The maximum atomic E-state index is 13.0. The highest BCUT2D eigenvalue weighted by Gasteiger charge is 2.30. The van der Waals surface area contributed by atoms with Crippen LogP contribution in [-0.4, -0.2) is 53.8 Å². The third-order valence-electron chi connectivity index (χ3n) is 4.63. The van der Waals surface area contributed by atoms with Gasteiger partial charge in [0.05, 0.1) is 17.7 Å². The van der Waals surface area contributed by atoms with Gasteiger partial charge < -0.3 is 26.0 Å². The summed E-state index contributed by atoms with van der Waals surface area (Å²) in [5, 5.41) is 19.6. The van der Waals surface area contributed by atoms with Crippen LogP contribution in [-0.2, 0) is 9.59 Å². The molecule has 150 valence electrons. The van der Waals surface area contributed by atoms with Crippen molar-refractivity contribution in [1.82, 2.24) is 4.90 Å². The average Bonchev–Trinajstić information content (AvgIpc) is 2.77. The minimum Gasteiger partial charge on any atom is -0.481 e. The van der Waals surface area contributed by atoms with Gasteiger partial charge in [0.25, 0.3) is 5.91 Å². The van der Waals surface area contributed by atoms with Crippen molar-refractivity contribution in [2.45, 2.75) is 6.42 Å². The van der Waals surface area contributed by atoms with Crippen molar-refractivity contribution in [3.8, 4) is 0 Å². The van der Waals surface area contributed by atoms with Gasteiger partial charge in [0.2, 0.25) is 5.91 Å². The second kappa shape index (κ2) is 8.01. The molecule has 1 aliphatic heterocycles. The smallest absolute Gasteiger partial charge is 0.305 e. The molecule has 0 aliphatic carbocycles. The number of fused-ring (bicyclic) bond motifs is 1. The molecule has 9 heteroatoms. The van der Waals surface area contributed by atoms with E-state index in [0.29, 0.717) is 28.2 Å². The molecule has 3 rings (SSSR count). The molecule has 29 heavy (non-hydrogen) atoms. The van der Waals surface area contributed by atoms with Crippen LogP contribution in [0.25, 0.3) is 0 Å². The molecule has 0 spiro atoms. The van der Waals surface area contributed by atoms with Crippen LogP contribution < -0.4 is 16.0 Å². The number of hydrogen-bond donors (Lipinski definition) is 4. The standard InChI is InChI=1S/C20H21N5O4/c1-24-16-6-5-14(23-13-4-2-3-12(9-13)19(21)22)10-15(16)20(29)25(11-17(24)26)8-7-18(27)28/h2-6,9-10,23H,7-8,11H2,1H3,(H3,21,22)(H,27,28). The lowest BCUT2D eigenvalue weighted by Crippen LogP contribution is -2.38. The number of benzene rings is 2. The Bertz CT molecular complexity index is 1000. The van der Waals surface area contributed by atoms with Crippen LogP contribution in [0, 0.1) is 5.41 Å². The lowest BCUT2D eigenvalue weighted by Gasteiger charge is -2.19. The number of carboxylic acid groups (broad SMARTS) is 1. The molecule has 0 fully saturated rings. The molecule has 0 saturated heterocycles. The van der Waals surface area contributed by atoms with Gasteiger partial charge in [0.15, 0.2) is 0 Å². The van der Waals surface area contributed by atoms with Crippen molar-refractivity contribution < 1.29 is 19.5 Å². The lowest BCUT2D eigenvalue weighted by atomic mass is 10.1. The van der Waals surface area contributed by atoms with Crippen molar-refractivity contribution in [2.75, 3.05) is 30.4 Å². The molecular formula is C20H21N5O4. The van der Waals surface area contributed by atoms with E-state index in [1.165, 1.54) is 9.80 Å². The lowest BCUT2D eigenvalue weighted by molar-refractivity contribution is -0.137. The number of aliphatic carboxylic acids is 1. The van der Waals surface area contributed by atoms with Gasteiger partial charge in [-0.05, 0) is 30.3 Å². The second-order valence-corrected chi connectivity index (χ2v) is 6.67. The number of amides is 2. The Labute approximate surface area is 167 Å². The molecule has 9 nitrogen and oxygen atoms in total. The van der Waals surface area contributed by atoms with Gasteiger partial charge in [0, 0.05) is 30.5 Å².